The lowest BCUT2D eigenvalue weighted by Gasteiger charge is -2.43. The number of amidine groups is 1. The summed E-state index contributed by atoms with van der Waals surface area (Å²) in [4.78, 5) is 4.20. The zero-order valence-electron chi connectivity index (χ0n) is 11.4. The summed E-state index contributed by atoms with van der Waals surface area (Å²) >= 11 is 2.00. The molecule has 6 nitrogen and oxygen atoms in total. The molecule has 1 atom stereocenters. The summed E-state index contributed by atoms with van der Waals surface area (Å²) < 4.78 is 8.13. The highest BCUT2D eigenvalue weighted by Gasteiger charge is 2.39. The molecule has 2 fully saturated rings. The zero-order valence-corrected chi connectivity index (χ0v) is 12.2. The van der Waals surface area contributed by atoms with Crippen molar-refractivity contribution in [1.29, 1.82) is 0 Å². The molecule has 1 aromatic rings. The predicted octanol–water partition coefficient (Wildman–Crippen LogP) is 1.59. The number of hydrogen-bond donors (Lipinski definition) is 2. The van der Waals surface area contributed by atoms with Crippen molar-refractivity contribution in [1.82, 2.24) is 9.55 Å². The van der Waals surface area contributed by atoms with Gasteiger partial charge in [0.1, 0.15) is 0 Å². The van der Waals surface area contributed by atoms with E-state index in [2.05, 4.69) is 10.1 Å². The van der Waals surface area contributed by atoms with E-state index in [0.717, 1.165) is 32.3 Å². The molecule has 7 heteroatoms. The van der Waals surface area contributed by atoms with Gasteiger partial charge in [-0.2, -0.15) is 11.8 Å². The second-order valence-corrected chi connectivity index (χ2v) is 6.66. The molecule has 3 N–H and O–H groups in total. The van der Waals surface area contributed by atoms with Crippen LogP contribution in [0.25, 0.3) is 0 Å². The number of imidazole rings is 1. The van der Waals surface area contributed by atoms with E-state index in [9.17, 15) is 0 Å². The fraction of sp³-hybridized carbons (Fsp3) is 0.692. The lowest BCUT2D eigenvalue weighted by atomic mass is 9.85. The number of nitrogens with two attached hydrogens (primary N) is 1. The molecule has 1 aromatic heterocycles. The molecule has 3 heterocycles. The highest BCUT2D eigenvalue weighted by molar-refractivity contribution is 7.99. The van der Waals surface area contributed by atoms with E-state index < -0.39 is 0 Å². The Kier molecular flexibility index (Phi) is 3.89. The van der Waals surface area contributed by atoms with Crippen LogP contribution in [0, 0.1) is 0 Å². The fourth-order valence-corrected chi connectivity index (χ4v) is 4.42. The summed E-state index contributed by atoms with van der Waals surface area (Å²) in [6.07, 6.45) is 7.76. The van der Waals surface area contributed by atoms with E-state index in [1.54, 1.807) is 6.20 Å². The molecule has 20 heavy (non-hydrogen) atoms. The van der Waals surface area contributed by atoms with Gasteiger partial charge in [-0.3, -0.25) is 0 Å². The van der Waals surface area contributed by atoms with Gasteiger partial charge >= 0.3 is 0 Å². The van der Waals surface area contributed by atoms with E-state index >= 15 is 0 Å². The van der Waals surface area contributed by atoms with Crippen LogP contribution in [-0.2, 0) is 4.74 Å². The van der Waals surface area contributed by atoms with Crippen LogP contribution in [0.5, 0.6) is 0 Å². The van der Waals surface area contributed by atoms with Gasteiger partial charge in [-0.1, -0.05) is 5.16 Å². The summed E-state index contributed by atoms with van der Waals surface area (Å²) in [6, 6.07) is 0.310. The average Bonchev–Trinajstić information content (AvgIpc) is 2.97. The minimum atomic E-state index is 0.0147. The highest BCUT2D eigenvalue weighted by atomic mass is 32.2. The van der Waals surface area contributed by atoms with Crippen molar-refractivity contribution in [3.05, 3.63) is 18.2 Å². The molecule has 0 amide bonds. The van der Waals surface area contributed by atoms with Crippen LogP contribution in [0.2, 0.25) is 0 Å². The van der Waals surface area contributed by atoms with E-state index in [1.807, 2.05) is 22.5 Å². The first-order valence-corrected chi connectivity index (χ1v) is 8.12. The van der Waals surface area contributed by atoms with Crippen molar-refractivity contribution in [3.8, 4) is 0 Å². The minimum absolute atomic E-state index is 0.0147. The second kappa shape index (κ2) is 5.65. The monoisotopic (exact) mass is 296 g/mol. The average molecular weight is 296 g/mol. The van der Waals surface area contributed by atoms with Gasteiger partial charge in [-0.25, -0.2) is 4.98 Å². The number of nitrogens with zero attached hydrogens (tertiary/aromatic N) is 3. The Morgan fingerprint density at radius 2 is 2.35 bits per heavy atom. The predicted molar refractivity (Wildman–Crippen MR) is 78.3 cm³/mol. The quantitative estimate of drug-likeness (QED) is 0.375. The Morgan fingerprint density at radius 3 is 3.10 bits per heavy atom. The largest absolute Gasteiger partial charge is 0.409 e. The van der Waals surface area contributed by atoms with Gasteiger partial charge in [0.15, 0.2) is 5.82 Å². The van der Waals surface area contributed by atoms with Gasteiger partial charge in [0, 0.05) is 25.0 Å². The third-order valence-electron chi connectivity index (χ3n) is 4.27. The van der Waals surface area contributed by atoms with Gasteiger partial charge < -0.3 is 20.2 Å². The molecule has 0 bridgehead atoms. The molecule has 110 valence electrons. The third-order valence-corrected chi connectivity index (χ3v) is 5.26. The Bertz CT molecular complexity index is 491. The molecular weight excluding hydrogens is 276 g/mol. The number of aromatic nitrogens is 2. The summed E-state index contributed by atoms with van der Waals surface area (Å²) in [5.41, 5.74) is 5.71. The maximum atomic E-state index is 8.85. The highest BCUT2D eigenvalue weighted by Crippen LogP contribution is 2.41. The number of hydrogen-bond acceptors (Lipinski definition) is 5. The van der Waals surface area contributed by atoms with E-state index in [-0.39, 0.29) is 11.4 Å². The lowest BCUT2D eigenvalue weighted by molar-refractivity contribution is -0.0988. The Morgan fingerprint density at radius 1 is 1.55 bits per heavy atom. The SMILES string of the molecule is N/C(=N/O)c1nccn1C1CCOC2(CCSCC2)C1. The van der Waals surface area contributed by atoms with Crippen molar-refractivity contribution >= 4 is 17.6 Å². The molecule has 1 spiro atoms. The van der Waals surface area contributed by atoms with Gasteiger partial charge in [0.2, 0.25) is 5.84 Å². The summed E-state index contributed by atoms with van der Waals surface area (Å²) in [6.45, 7) is 0.767. The first kappa shape index (κ1) is 13.8. The van der Waals surface area contributed by atoms with E-state index in [4.69, 9.17) is 15.7 Å². The number of ether oxygens (including phenoxy) is 1. The Labute approximate surface area is 122 Å². The molecule has 1 unspecified atom stereocenters. The van der Waals surface area contributed by atoms with Crippen molar-refractivity contribution in [2.75, 3.05) is 18.1 Å². The number of thioether (sulfide) groups is 1. The molecule has 0 saturated carbocycles. The van der Waals surface area contributed by atoms with Gasteiger partial charge in [-0.15, -0.1) is 0 Å². The van der Waals surface area contributed by atoms with Gasteiger partial charge in [-0.05, 0) is 37.2 Å². The number of oxime groups is 1. The topological polar surface area (TPSA) is 85.7 Å². The van der Waals surface area contributed by atoms with Crippen LogP contribution >= 0.6 is 11.8 Å². The normalized spacial score (nSPS) is 26.8. The van der Waals surface area contributed by atoms with Gasteiger partial charge in [0.05, 0.1) is 5.60 Å². The van der Waals surface area contributed by atoms with Crippen molar-refractivity contribution in [3.63, 3.8) is 0 Å². The molecule has 2 aliphatic rings. The molecule has 2 saturated heterocycles. The van der Waals surface area contributed by atoms with Crippen molar-refractivity contribution in [2.45, 2.75) is 37.3 Å². The first-order valence-electron chi connectivity index (χ1n) is 6.96. The van der Waals surface area contributed by atoms with Crippen LogP contribution in [0.1, 0.15) is 37.5 Å². The van der Waals surface area contributed by atoms with Crippen LogP contribution < -0.4 is 5.73 Å². The van der Waals surface area contributed by atoms with Crippen LogP contribution in [-0.4, -0.2) is 44.3 Å². The first-order chi connectivity index (χ1) is 9.74. The zero-order chi connectivity index (χ0) is 14.0. The third kappa shape index (κ3) is 2.52. The fourth-order valence-electron chi connectivity index (χ4n) is 3.18. The number of rotatable bonds is 2. The summed E-state index contributed by atoms with van der Waals surface area (Å²) in [5.74, 6) is 2.95. The molecular formula is C13H20N4O2S. The smallest absolute Gasteiger partial charge is 0.206 e. The van der Waals surface area contributed by atoms with Crippen molar-refractivity contribution in [2.24, 2.45) is 10.9 Å². The molecule has 2 aliphatic heterocycles. The van der Waals surface area contributed by atoms with Crippen LogP contribution in [0.3, 0.4) is 0 Å². The van der Waals surface area contributed by atoms with E-state index in [0.29, 0.717) is 11.9 Å². The molecule has 3 rings (SSSR count). The van der Waals surface area contributed by atoms with E-state index in [1.165, 1.54) is 11.5 Å². The maximum absolute atomic E-state index is 8.85. The second-order valence-electron chi connectivity index (χ2n) is 5.43. The molecule has 0 aromatic carbocycles. The van der Waals surface area contributed by atoms with Crippen LogP contribution in [0.4, 0.5) is 0 Å². The summed E-state index contributed by atoms with van der Waals surface area (Å²) in [7, 11) is 0. The standard InChI is InChI=1S/C13H20N4O2S/c14-11(16-18)12-15-4-5-17(12)10-1-6-19-13(9-10)2-7-20-8-3-13/h4-5,10,18H,1-3,6-9H2,(H2,14,16). The molecule has 0 radical (unpaired) electrons. The lowest BCUT2D eigenvalue weighted by Crippen LogP contribution is -2.43. The Hall–Kier alpha value is -1.21. The van der Waals surface area contributed by atoms with Crippen LogP contribution in [0.15, 0.2) is 17.5 Å². The summed E-state index contributed by atoms with van der Waals surface area (Å²) in [5, 5.41) is 11.9. The van der Waals surface area contributed by atoms with Crippen molar-refractivity contribution < 1.29 is 9.94 Å². The maximum Gasteiger partial charge on any atom is 0.206 e. The van der Waals surface area contributed by atoms with Gasteiger partial charge in [0.25, 0.3) is 0 Å². The minimum Gasteiger partial charge on any atom is -0.409 e. The molecule has 0 aliphatic carbocycles. The Balaban J connectivity index is 1.82.